The number of hydrogen-bond acceptors (Lipinski definition) is 12. The van der Waals surface area contributed by atoms with Crippen LogP contribution in [0.5, 0.6) is 23.0 Å². The lowest BCUT2D eigenvalue weighted by Crippen LogP contribution is -2.48. The van der Waals surface area contributed by atoms with Gasteiger partial charge in [-0.25, -0.2) is 14.4 Å². The van der Waals surface area contributed by atoms with Crippen LogP contribution in [-0.4, -0.2) is 67.3 Å². The van der Waals surface area contributed by atoms with E-state index in [0.29, 0.717) is 4.47 Å². The predicted molar refractivity (Wildman–Crippen MR) is 157 cm³/mol. The van der Waals surface area contributed by atoms with E-state index in [1.165, 1.54) is 50.6 Å². The minimum Gasteiger partial charge on any atom is -0.493 e. The summed E-state index contributed by atoms with van der Waals surface area (Å²) in [4.78, 5) is 74.8. The van der Waals surface area contributed by atoms with E-state index in [2.05, 4.69) is 21.2 Å². The van der Waals surface area contributed by atoms with Gasteiger partial charge >= 0.3 is 29.8 Å². The molecule has 0 saturated carbocycles. The third-order valence-electron chi connectivity index (χ3n) is 5.64. The molecule has 236 valence electrons. The molecule has 0 radical (unpaired) electrons. The van der Waals surface area contributed by atoms with E-state index in [-0.39, 0.29) is 39.8 Å². The second-order valence-electron chi connectivity index (χ2n) is 8.91. The highest BCUT2D eigenvalue weighted by Crippen LogP contribution is 2.30. The summed E-state index contributed by atoms with van der Waals surface area (Å²) in [5.74, 6) is -6.85. The van der Waals surface area contributed by atoms with Crippen molar-refractivity contribution in [2.24, 2.45) is 0 Å². The fourth-order valence-electron chi connectivity index (χ4n) is 3.71. The SMILES string of the molecule is COc1cc(C(=O)O[C@H](C(=O)O)[C@H](OC(=O)c2ccc(OC(C)=O)c(OC)c2)C(=O)Nc2cccc(Br)c2)ccc1OC(C)=O. The molecular weight excluding hydrogens is 662 g/mol. The van der Waals surface area contributed by atoms with Crippen molar-refractivity contribution in [1.82, 2.24) is 0 Å². The smallest absolute Gasteiger partial charge is 0.349 e. The van der Waals surface area contributed by atoms with E-state index in [1.807, 2.05) is 0 Å². The van der Waals surface area contributed by atoms with E-state index in [9.17, 15) is 33.9 Å². The number of anilines is 1. The largest absolute Gasteiger partial charge is 0.493 e. The Balaban J connectivity index is 1.97. The summed E-state index contributed by atoms with van der Waals surface area (Å²) in [5, 5.41) is 12.5. The van der Waals surface area contributed by atoms with Gasteiger partial charge in [-0.15, -0.1) is 0 Å². The molecule has 0 aliphatic carbocycles. The first-order chi connectivity index (χ1) is 21.3. The molecule has 3 aromatic carbocycles. The molecule has 45 heavy (non-hydrogen) atoms. The molecule has 3 rings (SSSR count). The minimum atomic E-state index is -2.35. The molecule has 0 spiro atoms. The van der Waals surface area contributed by atoms with Crippen LogP contribution in [0.3, 0.4) is 0 Å². The fourth-order valence-corrected chi connectivity index (χ4v) is 4.11. The van der Waals surface area contributed by atoms with Crippen LogP contribution < -0.4 is 24.3 Å². The Morgan fingerprint density at radius 3 is 1.60 bits per heavy atom. The van der Waals surface area contributed by atoms with Gasteiger partial charge in [-0.2, -0.15) is 0 Å². The Kier molecular flexibility index (Phi) is 11.6. The zero-order valence-electron chi connectivity index (χ0n) is 24.2. The highest BCUT2D eigenvalue weighted by atomic mass is 79.9. The van der Waals surface area contributed by atoms with Gasteiger partial charge in [0.25, 0.3) is 5.91 Å². The number of aliphatic carboxylic acids is 1. The monoisotopic (exact) mass is 687 g/mol. The highest BCUT2D eigenvalue weighted by Gasteiger charge is 2.41. The molecule has 0 aromatic heterocycles. The van der Waals surface area contributed by atoms with E-state index >= 15 is 0 Å². The zero-order valence-corrected chi connectivity index (χ0v) is 25.7. The first-order valence-electron chi connectivity index (χ1n) is 12.8. The predicted octanol–water partition coefficient (Wildman–Crippen LogP) is 3.79. The van der Waals surface area contributed by atoms with E-state index in [1.54, 1.807) is 12.1 Å². The van der Waals surface area contributed by atoms with Gasteiger partial charge in [-0.1, -0.05) is 22.0 Å². The van der Waals surface area contributed by atoms with Gasteiger partial charge < -0.3 is 38.8 Å². The third kappa shape index (κ3) is 9.27. The van der Waals surface area contributed by atoms with Crippen LogP contribution in [0.2, 0.25) is 0 Å². The average molecular weight is 688 g/mol. The highest BCUT2D eigenvalue weighted by molar-refractivity contribution is 9.10. The topological polar surface area (TPSA) is 190 Å². The molecular formula is C30H26BrNO13. The molecule has 0 saturated heterocycles. The van der Waals surface area contributed by atoms with Crippen LogP contribution in [0.15, 0.2) is 65.1 Å². The lowest BCUT2D eigenvalue weighted by atomic mass is 10.1. The zero-order chi connectivity index (χ0) is 33.3. The number of halogens is 1. The second-order valence-corrected chi connectivity index (χ2v) is 9.82. The maximum absolute atomic E-state index is 13.4. The fraction of sp³-hybridized carbons (Fsp3) is 0.200. The summed E-state index contributed by atoms with van der Waals surface area (Å²) in [6, 6.07) is 13.3. The Morgan fingerprint density at radius 1 is 0.689 bits per heavy atom. The van der Waals surface area contributed by atoms with Crippen LogP contribution in [0, 0.1) is 0 Å². The van der Waals surface area contributed by atoms with Crippen molar-refractivity contribution in [3.8, 4) is 23.0 Å². The van der Waals surface area contributed by atoms with Crippen molar-refractivity contribution >= 4 is 57.4 Å². The molecule has 2 N–H and O–H groups in total. The van der Waals surface area contributed by atoms with Crippen LogP contribution in [0.4, 0.5) is 5.69 Å². The number of amides is 1. The number of methoxy groups -OCH3 is 2. The number of rotatable bonds is 12. The van der Waals surface area contributed by atoms with Crippen LogP contribution >= 0.6 is 15.9 Å². The maximum Gasteiger partial charge on any atom is 0.349 e. The molecule has 0 aliphatic heterocycles. The van der Waals surface area contributed by atoms with Gasteiger partial charge in [0.1, 0.15) is 0 Å². The van der Waals surface area contributed by atoms with Gasteiger partial charge in [0.2, 0.25) is 12.2 Å². The van der Waals surface area contributed by atoms with Gasteiger partial charge in [-0.3, -0.25) is 14.4 Å². The molecule has 0 bridgehead atoms. The van der Waals surface area contributed by atoms with Gasteiger partial charge in [0.15, 0.2) is 23.0 Å². The number of carboxylic acids is 1. The first kappa shape index (κ1) is 34.1. The van der Waals surface area contributed by atoms with Crippen molar-refractivity contribution in [3.05, 3.63) is 76.3 Å². The maximum atomic E-state index is 13.4. The number of hydrogen-bond donors (Lipinski definition) is 2. The number of ether oxygens (including phenoxy) is 6. The van der Waals surface area contributed by atoms with Crippen molar-refractivity contribution < 1.29 is 62.3 Å². The summed E-state index contributed by atoms with van der Waals surface area (Å²) in [5.41, 5.74) is -0.259. The van der Waals surface area contributed by atoms with E-state index < -0.39 is 48.0 Å². The first-order valence-corrected chi connectivity index (χ1v) is 13.6. The molecule has 0 unspecified atom stereocenters. The number of nitrogens with one attached hydrogen (secondary N) is 1. The van der Waals surface area contributed by atoms with Crippen LogP contribution in [-0.2, 0) is 28.7 Å². The standard InChI is InChI=1S/C30H26BrNO13/c1-15(33)42-21-10-8-17(12-23(21)40-3)29(38)44-25(27(35)32-20-7-5-6-19(31)14-20)26(28(36)37)45-30(39)18-9-11-22(43-16(2)34)24(13-18)41-4/h5-14,25-26H,1-4H3,(H,32,35)(H,36,37)/t25-,26-/m0/s1. The normalized spacial score (nSPS) is 11.7. The molecule has 0 aliphatic rings. The lowest BCUT2D eigenvalue weighted by Gasteiger charge is -2.24. The molecule has 14 nitrogen and oxygen atoms in total. The van der Waals surface area contributed by atoms with Crippen molar-refractivity contribution in [1.29, 1.82) is 0 Å². The second kappa shape index (κ2) is 15.3. The molecule has 2 atom stereocenters. The summed E-state index contributed by atoms with van der Waals surface area (Å²) < 4.78 is 31.3. The summed E-state index contributed by atoms with van der Waals surface area (Å²) in [7, 11) is 2.49. The number of carboxylic acid groups (broad SMARTS) is 1. The number of carbonyl (C=O) groups is 6. The van der Waals surface area contributed by atoms with Gasteiger partial charge in [0, 0.05) is 24.0 Å². The Hall–Kier alpha value is -5.44. The molecule has 1 amide bonds. The van der Waals surface area contributed by atoms with E-state index in [4.69, 9.17) is 28.4 Å². The van der Waals surface area contributed by atoms with Crippen LogP contribution in [0.1, 0.15) is 34.6 Å². The Morgan fingerprint density at radius 2 is 1.18 bits per heavy atom. The van der Waals surface area contributed by atoms with Crippen molar-refractivity contribution in [2.45, 2.75) is 26.1 Å². The average Bonchev–Trinajstić information content (AvgIpc) is 2.98. The van der Waals surface area contributed by atoms with Crippen molar-refractivity contribution in [3.63, 3.8) is 0 Å². The lowest BCUT2D eigenvalue weighted by molar-refractivity contribution is -0.157. The number of carbonyl (C=O) groups excluding carboxylic acids is 5. The molecule has 0 fully saturated rings. The van der Waals surface area contributed by atoms with Gasteiger partial charge in [-0.05, 0) is 54.6 Å². The molecule has 15 heteroatoms. The number of benzene rings is 3. The van der Waals surface area contributed by atoms with Crippen molar-refractivity contribution in [2.75, 3.05) is 19.5 Å². The molecule has 0 heterocycles. The number of esters is 4. The Labute approximate surface area is 264 Å². The quantitative estimate of drug-likeness (QED) is 0.207. The van der Waals surface area contributed by atoms with Crippen LogP contribution in [0.25, 0.3) is 0 Å². The summed E-state index contributed by atoms with van der Waals surface area (Å²) in [6.07, 6.45) is -4.57. The molecule has 3 aromatic rings. The summed E-state index contributed by atoms with van der Waals surface area (Å²) >= 11 is 3.25. The van der Waals surface area contributed by atoms with Gasteiger partial charge in [0.05, 0.1) is 25.3 Å². The Bertz CT molecular complexity index is 1640. The van der Waals surface area contributed by atoms with E-state index in [0.717, 1.165) is 26.0 Å². The summed E-state index contributed by atoms with van der Waals surface area (Å²) in [6.45, 7) is 2.32. The minimum absolute atomic E-state index is 0.0158. The third-order valence-corrected chi connectivity index (χ3v) is 6.14.